The van der Waals surface area contributed by atoms with Crippen LogP contribution in [0, 0.1) is 0 Å². The number of phosphoric ester groups is 1. The number of carbonyl (C=O) groups is 1. The van der Waals surface area contributed by atoms with Gasteiger partial charge in [-0.2, -0.15) is 0 Å². The van der Waals surface area contributed by atoms with Crippen LogP contribution in [-0.4, -0.2) is 70.7 Å². The summed E-state index contributed by atoms with van der Waals surface area (Å²) >= 11 is 0. The van der Waals surface area contributed by atoms with E-state index in [1.807, 2.05) is 21.1 Å². The van der Waals surface area contributed by atoms with Crippen molar-refractivity contribution in [3.63, 3.8) is 0 Å². The highest BCUT2D eigenvalue weighted by Crippen LogP contribution is 2.38. The molecule has 0 bridgehead atoms. The second-order valence-electron chi connectivity index (χ2n) is 17.8. The number of phosphoric acid groups is 1. The Balaban J connectivity index is 4.10. The lowest BCUT2D eigenvalue weighted by Gasteiger charge is -2.28. The van der Waals surface area contributed by atoms with Gasteiger partial charge in [0.25, 0.3) is 7.82 Å². The maximum absolute atomic E-state index is 12.7. The number of nitrogens with zero attached hydrogens (tertiary/aromatic N) is 1. The van der Waals surface area contributed by atoms with Gasteiger partial charge >= 0.3 is 5.97 Å². The van der Waals surface area contributed by atoms with Gasteiger partial charge in [-0.15, -0.1) is 0 Å². The molecular formula is C49H96NO7P. The van der Waals surface area contributed by atoms with Crippen LogP contribution >= 0.6 is 7.82 Å². The van der Waals surface area contributed by atoms with Gasteiger partial charge in [-0.3, -0.25) is 9.36 Å². The highest BCUT2D eigenvalue weighted by atomic mass is 31.2. The van der Waals surface area contributed by atoms with Crippen LogP contribution in [0.1, 0.15) is 226 Å². The number of rotatable bonds is 46. The minimum atomic E-state index is -4.53. The van der Waals surface area contributed by atoms with E-state index in [2.05, 4.69) is 38.2 Å². The molecule has 0 aromatic heterocycles. The lowest BCUT2D eigenvalue weighted by molar-refractivity contribution is -0.870. The molecule has 0 aliphatic heterocycles. The van der Waals surface area contributed by atoms with Crippen LogP contribution in [0.4, 0.5) is 0 Å². The SMILES string of the molecule is CCC/C=C\C/C=C\CCCCCCCCOCC(COP(=O)([O-])OCC[N+](C)(C)C)OC(=O)CCCCCCCCCCCCCCCCCCCCCCCC. The minimum Gasteiger partial charge on any atom is -0.756 e. The Morgan fingerprint density at radius 3 is 1.47 bits per heavy atom. The molecule has 0 N–H and O–H groups in total. The van der Waals surface area contributed by atoms with Gasteiger partial charge in [-0.1, -0.05) is 205 Å². The van der Waals surface area contributed by atoms with E-state index in [4.69, 9.17) is 18.5 Å². The van der Waals surface area contributed by atoms with Crippen LogP contribution in [-0.2, 0) is 27.9 Å². The quantitative estimate of drug-likeness (QED) is 0.0198. The number of esters is 1. The molecule has 0 aromatic carbocycles. The van der Waals surface area contributed by atoms with E-state index >= 15 is 0 Å². The normalized spacial score (nSPS) is 13.8. The fourth-order valence-electron chi connectivity index (χ4n) is 6.94. The van der Waals surface area contributed by atoms with Gasteiger partial charge < -0.3 is 27.9 Å². The summed E-state index contributed by atoms with van der Waals surface area (Å²) < 4.78 is 34.7. The lowest BCUT2D eigenvalue weighted by Crippen LogP contribution is -2.37. The molecule has 0 saturated heterocycles. The van der Waals surface area contributed by atoms with Crippen LogP contribution in [0.3, 0.4) is 0 Å². The molecule has 2 atom stereocenters. The molecule has 58 heavy (non-hydrogen) atoms. The first-order valence-electron chi connectivity index (χ1n) is 24.6. The van der Waals surface area contributed by atoms with E-state index in [9.17, 15) is 14.3 Å². The average molecular weight is 842 g/mol. The fraction of sp³-hybridized carbons (Fsp3) is 0.898. The summed E-state index contributed by atoms with van der Waals surface area (Å²) in [4.78, 5) is 25.1. The lowest BCUT2D eigenvalue weighted by atomic mass is 10.0. The van der Waals surface area contributed by atoms with Gasteiger partial charge in [0.2, 0.25) is 0 Å². The van der Waals surface area contributed by atoms with E-state index in [1.165, 1.54) is 154 Å². The van der Waals surface area contributed by atoms with E-state index in [-0.39, 0.29) is 25.8 Å². The number of allylic oxidation sites excluding steroid dienone is 4. The van der Waals surface area contributed by atoms with Crippen molar-refractivity contribution < 1.29 is 37.3 Å². The third-order valence-electron chi connectivity index (χ3n) is 10.7. The summed E-state index contributed by atoms with van der Waals surface area (Å²) in [7, 11) is 1.36. The Labute approximate surface area is 360 Å². The predicted octanol–water partition coefficient (Wildman–Crippen LogP) is 14.1. The Kier molecular flexibility index (Phi) is 41.9. The van der Waals surface area contributed by atoms with Crippen molar-refractivity contribution in [3.05, 3.63) is 24.3 Å². The summed E-state index contributed by atoms with van der Waals surface area (Å²) in [5.74, 6) is -0.333. The number of ether oxygens (including phenoxy) is 2. The smallest absolute Gasteiger partial charge is 0.306 e. The molecule has 0 aliphatic carbocycles. The Bertz CT molecular complexity index is 983. The van der Waals surface area contributed by atoms with Gasteiger partial charge in [0.1, 0.15) is 19.3 Å². The molecule has 0 heterocycles. The zero-order valence-corrected chi connectivity index (χ0v) is 39.9. The maximum atomic E-state index is 12.7. The number of hydrogen-bond acceptors (Lipinski definition) is 7. The number of unbranched alkanes of at least 4 members (excludes halogenated alkanes) is 28. The molecule has 0 saturated carbocycles. The Morgan fingerprint density at radius 2 is 0.983 bits per heavy atom. The van der Waals surface area contributed by atoms with E-state index in [0.29, 0.717) is 24.1 Å². The van der Waals surface area contributed by atoms with Gasteiger partial charge in [0.15, 0.2) is 0 Å². The molecule has 0 fully saturated rings. The Hall–Kier alpha value is -1.02. The first kappa shape index (κ1) is 57.0. The molecule has 2 unspecified atom stereocenters. The topological polar surface area (TPSA) is 94.1 Å². The highest BCUT2D eigenvalue weighted by molar-refractivity contribution is 7.45. The van der Waals surface area contributed by atoms with E-state index in [0.717, 1.165) is 51.4 Å². The largest absolute Gasteiger partial charge is 0.756 e. The van der Waals surface area contributed by atoms with E-state index < -0.39 is 13.9 Å². The second-order valence-corrected chi connectivity index (χ2v) is 19.2. The molecule has 8 nitrogen and oxygen atoms in total. The zero-order chi connectivity index (χ0) is 42.7. The van der Waals surface area contributed by atoms with E-state index in [1.54, 1.807) is 0 Å². The zero-order valence-electron chi connectivity index (χ0n) is 39.0. The molecular weight excluding hydrogens is 746 g/mol. The van der Waals surface area contributed by atoms with Gasteiger partial charge in [-0.05, 0) is 38.5 Å². The van der Waals surface area contributed by atoms with Gasteiger partial charge in [0.05, 0.1) is 34.4 Å². The number of quaternary nitrogens is 1. The number of likely N-dealkylation sites (N-methyl/N-ethyl adjacent to an activating group) is 1. The standard InChI is InChI=1S/C49H96NO7P/c1-6-8-10-12-14-16-18-20-22-23-24-25-26-27-28-29-30-32-34-36-38-40-42-49(51)57-48(47-56-58(52,53)55-45-43-50(3,4)5)46-54-44-41-39-37-35-33-31-21-19-17-15-13-11-9-7-2/h11,13,17,19,48H,6-10,12,14-16,18,20-47H2,1-5H3/b13-11-,19-17-. The molecule has 0 rings (SSSR count). The molecule has 0 aromatic rings. The summed E-state index contributed by atoms with van der Waals surface area (Å²) in [5, 5.41) is 0. The minimum absolute atomic E-state index is 0.0260. The third kappa shape index (κ3) is 46.1. The van der Waals surface area contributed by atoms with Crippen LogP contribution < -0.4 is 4.89 Å². The Morgan fingerprint density at radius 1 is 0.534 bits per heavy atom. The van der Waals surface area contributed by atoms with Crippen molar-refractivity contribution in [1.29, 1.82) is 0 Å². The average Bonchev–Trinajstić information content (AvgIpc) is 3.18. The molecule has 0 amide bonds. The van der Waals surface area contributed by atoms with Crippen molar-refractivity contribution in [1.82, 2.24) is 0 Å². The van der Waals surface area contributed by atoms with Crippen molar-refractivity contribution in [3.8, 4) is 0 Å². The van der Waals surface area contributed by atoms with Crippen molar-refractivity contribution in [2.24, 2.45) is 0 Å². The van der Waals surface area contributed by atoms with Crippen molar-refractivity contribution >= 4 is 13.8 Å². The molecule has 0 aliphatic rings. The molecule has 344 valence electrons. The van der Waals surface area contributed by atoms with Gasteiger partial charge in [0, 0.05) is 13.0 Å². The first-order chi connectivity index (χ1) is 28.1. The fourth-order valence-corrected chi connectivity index (χ4v) is 7.67. The van der Waals surface area contributed by atoms with Crippen LogP contribution in [0.5, 0.6) is 0 Å². The summed E-state index contributed by atoms with van der Waals surface area (Å²) in [6, 6.07) is 0. The number of hydrogen-bond donors (Lipinski definition) is 0. The molecule has 9 heteroatoms. The highest BCUT2D eigenvalue weighted by Gasteiger charge is 2.20. The maximum Gasteiger partial charge on any atom is 0.306 e. The monoisotopic (exact) mass is 842 g/mol. The number of carbonyl (C=O) groups excluding carboxylic acids is 1. The third-order valence-corrected chi connectivity index (χ3v) is 11.7. The van der Waals surface area contributed by atoms with Crippen LogP contribution in [0.15, 0.2) is 24.3 Å². The van der Waals surface area contributed by atoms with Crippen molar-refractivity contribution in [2.75, 3.05) is 54.1 Å². The predicted molar refractivity (Wildman–Crippen MR) is 245 cm³/mol. The van der Waals surface area contributed by atoms with Crippen molar-refractivity contribution in [2.45, 2.75) is 232 Å². The van der Waals surface area contributed by atoms with Crippen LogP contribution in [0.2, 0.25) is 0 Å². The summed E-state index contributed by atoms with van der Waals surface area (Å²) in [5.41, 5.74) is 0. The van der Waals surface area contributed by atoms with Gasteiger partial charge in [-0.25, -0.2) is 0 Å². The second kappa shape index (κ2) is 42.7. The van der Waals surface area contributed by atoms with Crippen LogP contribution in [0.25, 0.3) is 0 Å². The summed E-state index contributed by atoms with van der Waals surface area (Å²) in [6.07, 6.45) is 49.1. The first-order valence-corrected chi connectivity index (χ1v) is 26.0. The molecule has 0 spiro atoms. The molecule has 0 radical (unpaired) electrons. The summed E-state index contributed by atoms with van der Waals surface area (Å²) in [6.45, 7) is 5.37.